The van der Waals surface area contributed by atoms with Gasteiger partial charge in [-0.15, -0.1) is 0 Å². The molecule has 0 spiro atoms. The van der Waals surface area contributed by atoms with Crippen LogP contribution >= 0.6 is 23.2 Å². The van der Waals surface area contributed by atoms with E-state index in [4.69, 9.17) is 23.2 Å². The van der Waals surface area contributed by atoms with E-state index in [-0.39, 0.29) is 11.5 Å². The minimum atomic E-state index is -0.365. The van der Waals surface area contributed by atoms with Crippen LogP contribution in [0.4, 0.5) is 5.69 Å². The zero-order chi connectivity index (χ0) is 18.1. The molecule has 0 radical (unpaired) electrons. The normalized spacial score (nSPS) is 10.9. The van der Waals surface area contributed by atoms with E-state index >= 15 is 0 Å². The highest BCUT2D eigenvalue weighted by atomic mass is 35.5. The van der Waals surface area contributed by atoms with E-state index in [2.05, 4.69) is 10.3 Å². The molecule has 0 aliphatic heterocycles. The Kier molecular flexibility index (Phi) is 4.84. The summed E-state index contributed by atoms with van der Waals surface area (Å²) in [5.74, 6) is -0.365. The first kappa shape index (κ1) is 17.5. The van der Waals surface area contributed by atoms with E-state index in [9.17, 15) is 9.59 Å². The number of rotatable bonds is 3. The van der Waals surface area contributed by atoms with Crippen LogP contribution in [-0.4, -0.2) is 10.9 Å². The molecule has 0 aliphatic carbocycles. The molecule has 4 nitrogen and oxygen atoms in total. The van der Waals surface area contributed by atoms with Crippen LogP contribution in [0.25, 0.3) is 10.9 Å². The Morgan fingerprint density at radius 3 is 2.64 bits per heavy atom. The second kappa shape index (κ2) is 6.90. The second-order valence-corrected chi connectivity index (χ2v) is 6.59. The molecule has 25 heavy (non-hydrogen) atoms. The molecule has 0 aliphatic rings. The number of aromatic amines is 1. The predicted octanol–water partition coefficient (Wildman–Crippen LogP) is 4.96. The second-order valence-electron chi connectivity index (χ2n) is 5.75. The van der Waals surface area contributed by atoms with Gasteiger partial charge in [-0.3, -0.25) is 9.59 Å². The highest BCUT2D eigenvalue weighted by Crippen LogP contribution is 2.24. The molecule has 0 saturated carbocycles. The van der Waals surface area contributed by atoms with E-state index < -0.39 is 0 Å². The maximum absolute atomic E-state index is 12.4. The Morgan fingerprint density at radius 1 is 1.16 bits per heavy atom. The molecule has 0 atom stereocenters. The molecule has 0 bridgehead atoms. The number of anilines is 1. The van der Waals surface area contributed by atoms with Crippen molar-refractivity contribution in [2.45, 2.75) is 20.3 Å². The Balaban J connectivity index is 1.98. The summed E-state index contributed by atoms with van der Waals surface area (Å²) in [6, 6.07) is 10.1. The van der Waals surface area contributed by atoms with Crippen molar-refractivity contribution in [3.05, 3.63) is 73.5 Å². The first-order valence-electron chi connectivity index (χ1n) is 7.82. The number of carbonyl (C=O) groups excluding carboxylic acids is 1. The van der Waals surface area contributed by atoms with Crippen molar-refractivity contribution in [1.82, 2.24) is 4.98 Å². The van der Waals surface area contributed by atoms with Gasteiger partial charge in [0.2, 0.25) is 0 Å². The highest BCUT2D eigenvalue weighted by molar-refractivity contribution is 6.36. The highest BCUT2D eigenvalue weighted by Gasteiger charge is 2.13. The van der Waals surface area contributed by atoms with Crippen LogP contribution in [0.3, 0.4) is 0 Å². The molecule has 2 aromatic carbocycles. The standard InChI is InChI=1S/C19H16Cl2N2O2/c1-3-13-10(2)14-6-5-12(9-17(14)23-18(13)24)22-19(25)15-8-11(20)4-7-16(15)21/h4-9H,3H2,1-2H3,(H,22,25)(H,23,24). The van der Waals surface area contributed by atoms with Crippen LogP contribution in [0.15, 0.2) is 41.2 Å². The lowest BCUT2D eigenvalue weighted by molar-refractivity contribution is 0.102. The van der Waals surface area contributed by atoms with E-state index in [0.717, 1.165) is 16.5 Å². The number of fused-ring (bicyclic) bond motifs is 1. The molecule has 3 rings (SSSR count). The molecule has 0 fully saturated rings. The van der Waals surface area contributed by atoms with Gasteiger partial charge in [-0.05, 0) is 49.2 Å². The number of aromatic nitrogens is 1. The first-order valence-corrected chi connectivity index (χ1v) is 8.58. The number of aryl methyl sites for hydroxylation is 1. The van der Waals surface area contributed by atoms with Crippen LogP contribution in [0.5, 0.6) is 0 Å². The van der Waals surface area contributed by atoms with Crippen molar-refractivity contribution >= 4 is 45.7 Å². The molecule has 1 aromatic heterocycles. The summed E-state index contributed by atoms with van der Waals surface area (Å²) in [5.41, 5.74) is 3.16. The minimum Gasteiger partial charge on any atom is -0.322 e. The van der Waals surface area contributed by atoms with Gasteiger partial charge >= 0.3 is 0 Å². The van der Waals surface area contributed by atoms with Crippen molar-refractivity contribution in [3.63, 3.8) is 0 Å². The number of carbonyl (C=O) groups is 1. The maximum Gasteiger partial charge on any atom is 0.257 e. The molecule has 1 heterocycles. The van der Waals surface area contributed by atoms with Crippen molar-refractivity contribution in [1.29, 1.82) is 0 Å². The van der Waals surface area contributed by atoms with Gasteiger partial charge < -0.3 is 10.3 Å². The molecule has 0 saturated heterocycles. The summed E-state index contributed by atoms with van der Waals surface area (Å²) in [6.07, 6.45) is 0.670. The number of nitrogens with one attached hydrogen (secondary N) is 2. The Labute approximate surface area is 154 Å². The fraction of sp³-hybridized carbons (Fsp3) is 0.158. The van der Waals surface area contributed by atoms with Gasteiger partial charge in [-0.2, -0.15) is 0 Å². The average Bonchev–Trinajstić information content (AvgIpc) is 2.57. The minimum absolute atomic E-state index is 0.103. The summed E-state index contributed by atoms with van der Waals surface area (Å²) >= 11 is 12.0. The van der Waals surface area contributed by atoms with Crippen molar-refractivity contribution in [3.8, 4) is 0 Å². The Bertz CT molecular complexity index is 1040. The first-order chi connectivity index (χ1) is 11.9. The Morgan fingerprint density at radius 2 is 1.92 bits per heavy atom. The predicted molar refractivity (Wildman–Crippen MR) is 103 cm³/mol. The molecule has 2 N–H and O–H groups in total. The summed E-state index contributed by atoms with van der Waals surface area (Å²) in [5, 5.41) is 4.49. The third-order valence-corrected chi connectivity index (χ3v) is 4.75. The molecule has 128 valence electrons. The summed E-state index contributed by atoms with van der Waals surface area (Å²) in [7, 11) is 0. The molecule has 6 heteroatoms. The number of benzene rings is 2. The number of hydrogen-bond donors (Lipinski definition) is 2. The summed E-state index contributed by atoms with van der Waals surface area (Å²) in [4.78, 5) is 27.4. The van der Waals surface area contributed by atoms with Crippen LogP contribution in [0.1, 0.15) is 28.4 Å². The van der Waals surface area contributed by atoms with E-state index in [1.54, 1.807) is 24.3 Å². The summed E-state index contributed by atoms with van der Waals surface area (Å²) < 4.78 is 0. The lowest BCUT2D eigenvalue weighted by Crippen LogP contribution is -2.15. The van der Waals surface area contributed by atoms with E-state index in [1.807, 2.05) is 19.9 Å². The SMILES string of the molecule is CCc1c(C)c2ccc(NC(=O)c3cc(Cl)ccc3Cl)cc2[nH]c1=O. The van der Waals surface area contributed by atoms with Gasteiger partial charge in [-0.1, -0.05) is 36.2 Å². The third-order valence-electron chi connectivity index (χ3n) is 4.18. The number of amides is 1. The lowest BCUT2D eigenvalue weighted by Gasteiger charge is -2.11. The molecular formula is C19H16Cl2N2O2. The quantitative estimate of drug-likeness (QED) is 0.680. The van der Waals surface area contributed by atoms with Gasteiger partial charge in [0, 0.05) is 21.7 Å². The number of pyridine rings is 1. The third kappa shape index (κ3) is 3.41. The fourth-order valence-electron chi connectivity index (χ4n) is 2.88. The van der Waals surface area contributed by atoms with Gasteiger partial charge in [0.05, 0.1) is 16.1 Å². The lowest BCUT2D eigenvalue weighted by atomic mass is 10.0. The fourth-order valence-corrected chi connectivity index (χ4v) is 3.25. The van der Waals surface area contributed by atoms with Crippen molar-refractivity contribution in [2.75, 3.05) is 5.32 Å². The van der Waals surface area contributed by atoms with Gasteiger partial charge in [-0.25, -0.2) is 0 Å². The molecule has 0 unspecified atom stereocenters. The average molecular weight is 375 g/mol. The van der Waals surface area contributed by atoms with Gasteiger partial charge in [0.1, 0.15) is 0 Å². The smallest absolute Gasteiger partial charge is 0.257 e. The van der Waals surface area contributed by atoms with Crippen molar-refractivity contribution in [2.24, 2.45) is 0 Å². The summed E-state index contributed by atoms with van der Waals surface area (Å²) in [6.45, 7) is 3.88. The van der Waals surface area contributed by atoms with Crippen LogP contribution in [-0.2, 0) is 6.42 Å². The van der Waals surface area contributed by atoms with Gasteiger partial charge in [0.15, 0.2) is 0 Å². The maximum atomic E-state index is 12.4. The molecule has 1 amide bonds. The number of hydrogen-bond acceptors (Lipinski definition) is 2. The van der Waals surface area contributed by atoms with Crippen molar-refractivity contribution < 1.29 is 4.79 Å². The van der Waals surface area contributed by atoms with Crippen LogP contribution in [0.2, 0.25) is 10.0 Å². The van der Waals surface area contributed by atoms with E-state index in [1.165, 1.54) is 6.07 Å². The van der Waals surface area contributed by atoms with Gasteiger partial charge in [0.25, 0.3) is 11.5 Å². The zero-order valence-electron chi connectivity index (χ0n) is 13.7. The van der Waals surface area contributed by atoms with E-state index in [0.29, 0.717) is 33.2 Å². The van der Waals surface area contributed by atoms with Crippen LogP contribution < -0.4 is 10.9 Å². The van der Waals surface area contributed by atoms with Crippen LogP contribution in [0, 0.1) is 6.92 Å². The number of H-pyrrole nitrogens is 1. The molecular weight excluding hydrogens is 359 g/mol. The molecule has 3 aromatic rings. The zero-order valence-corrected chi connectivity index (χ0v) is 15.3. The monoisotopic (exact) mass is 374 g/mol. The Hall–Kier alpha value is -2.30. The topological polar surface area (TPSA) is 62.0 Å². The number of halogens is 2. The largest absolute Gasteiger partial charge is 0.322 e.